The predicted octanol–water partition coefficient (Wildman–Crippen LogP) is 1.90. The summed E-state index contributed by atoms with van der Waals surface area (Å²) in [5.74, 6) is 0. The Balaban J connectivity index is 2.50. The monoisotopic (exact) mass is 211 g/mol. The predicted molar refractivity (Wildman–Crippen MR) is 39.1 cm³/mol. The van der Waals surface area contributed by atoms with Gasteiger partial charge in [0.25, 0.3) is 5.19 Å². The first-order chi connectivity index (χ1) is 6.01. The fraction of sp³-hybridized carbons (Fsp3) is 0.333. The number of alkyl halides is 3. The number of ether oxygens (including phenoxy) is 1. The van der Waals surface area contributed by atoms with Crippen molar-refractivity contribution >= 4 is 17.6 Å². The highest BCUT2D eigenvalue weighted by atomic mass is 32.1. The van der Waals surface area contributed by atoms with Gasteiger partial charge in [0.15, 0.2) is 12.9 Å². The van der Waals surface area contributed by atoms with Crippen LogP contribution in [0.25, 0.3) is 0 Å². The minimum atomic E-state index is -4.38. The second-order valence-electron chi connectivity index (χ2n) is 2.05. The summed E-state index contributed by atoms with van der Waals surface area (Å²) in [6.45, 7) is -1.39. The number of aromatic nitrogens is 1. The Morgan fingerprint density at radius 1 is 1.62 bits per heavy atom. The third kappa shape index (κ3) is 3.41. The molecule has 1 aromatic heterocycles. The maximum Gasteiger partial charge on any atom is 0.422 e. The maximum absolute atomic E-state index is 11.6. The molecule has 72 valence electrons. The average molecular weight is 211 g/mol. The van der Waals surface area contributed by atoms with E-state index in [1.165, 1.54) is 0 Å². The number of carbonyl (C=O) groups excluding carboxylic acids is 1. The molecule has 7 heteroatoms. The van der Waals surface area contributed by atoms with E-state index in [2.05, 4.69) is 9.72 Å². The molecule has 0 bridgehead atoms. The van der Waals surface area contributed by atoms with Crippen molar-refractivity contribution in [2.45, 2.75) is 6.18 Å². The molecule has 0 aliphatic carbocycles. The van der Waals surface area contributed by atoms with Gasteiger partial charge in [-0.05, 0) is 0 Å². The van der Waals surface area contributed by atoms with Gasteiger partial charge in [-0.25, -0.2) is 4.98 Å². The number of hydrogen-bond acceptors (Lipinski definition) is 4. The first kappa shape index (κ1) is 9.97. The van der Waals surface area contributed by atoms with Crippen LogP contribution in [0.1, 0.15) is 9.67 Å². The quantitative estimate of drug-likeness (QED) is 0.717. The SMILES string of the molecule is O=Cc1cnc(OCC(F)(F)F)s1. The number of nitrogens with zero attached hydrogens (tertiary/aromatic N) is 1. The van der Waals surface area contributed by atoms with E-state index in [1.807, 2.05) is 0 Å². The highest BCUT2D eigenvalue weighted by molar-refractivity contribution is 7.15. The fourth-order valence-electron chi connectivity index (χ4n) is 0.535. The molecule has 0 unspecified atom stereocenters. The molecular formula is C6H4F3NO2S. The smallest absolute Gasteiger partial charge is 0.422 e. The van der Waals surface area contributed by atoms with Crippen molar-refractivity contribution in [1.82, 2.24) is 4.98 Å². The van der Waals surface area contributed by atoms with E-state index in [0.717, 1.165) is 17.5 Å². The van der Waals surface area contributed by atoms with Crippen molar-refractivity contribution < 1.29 is 22.7 Å². The van der Waals surface area contributed by atoms with Crippen LogP contribution in [0.3, 0.4) is 0 Å². The highest BCUT2D eigenvalue weighted by Crippen LogP contribution is 2.22. The number of thiazole rings is 1. The number of aldehydes is 1. The molecular weight excluding hydrogens is 207 g/mol. The molecule has 0 radical (unpaired) electrons. The average Bonchev–Trinajstić information content (AvgIpc) is 2.47. The van der Waals surface area contributed by atoms with Crippen LogP contribution in [-0.2, 0) is 0 Å². The molecule has 0 aliphatic rings. The fourth-order valence-corrected chi connectivity index (χ4v) is 1.11. The highest BCUT2D eigenvalue weighted by Gasteiger charge is 2.28. The maximum atomic E-state index is 11.6. The van der Waals surface area contributed by atoms with Crippen molar-refractivity contribution in [3.63, 3.8) is 0 Å². The zero-order valence-corrected chi connectivity index (χ0v) is 6.98. The van der Waals surface area contributed by atoms with Crippen LogP contribution in [0.4, 0.5) is 13.2 Å². The molecule has 0 spiro atoms. The van der Waals surface area contributed by atoms with E-state index in [0.29, 0.717) is 6.29 Å². The van der Waals surface area contributed by atoms with Gasteiger partial charge in [-0.3, -0.25) is 4.79 Å². The van der Waals surface area contributed by atoms with Gasteiger partial charge in [0, 0.05) is 0 Å². The first-order valence-electron chi connectivity index (χ1n) is 3.12. The molecule has 0 saturated heterocycles. The van der Waals surface area contributed by atoms with Crippen molar-refractivity contribution in [3.05, 3.63) is 11.1 Å². The minimum absolute atomic E-state index is 0.153. The van der Waals surface area contributed by atoms with Crippen molar-refractivity contribution in [1.29, 1.82) is 0 Å². The van der Waals surface area contributed by atoms with Gasteiger partial charge in [0.1, 0.15) is 0 Å². The van der Waals surface area contributed by atoms with E-state index in [4.69, 9.17) is 0 Å². The van der Waals surface area contributed by atoms with Crippen LogP contribution >= 0.6 is 11.3 Å². The zero-order chi connectivity index (χ0) is 9.90. The molecule has 0 amide bonds. The van der Waals surface area contributed by atoms with Crippen LogP contribution in [-0.4, -0.2) is 24.1 Å². The second kappa shape index (κ2) is 3.73. The molecule has 0 aromatic carbocycles. The molecule has 1 rings (SSSR count). The summed E-state index contributed by atoms with van der Waals surface area (Å²) in [6.07, 6.45) is -2.73. The molecule has 0 atom stereocenters. The second-order valence-corrected chi connectivity index (χ2v) is 3.08. The number of hydrogen-bond donors (Lipinski definition) is 0. The first-order valence-corrected chi connectivity index (χ1v) is 3.93. The molecule has 0 aliphatic heterocycles. The normalized spacial score (nSPS) is 11.3. The summed E-state index contributed by atoms with van der Waals surface area (Å²) in [4.78, 5) is 13.8. The third-order valence-corrected chi connectivity index (χ3v) is 1.81. The summed E-state index contributed by atoms with van der Waals surface area (Å²) in [5.41, 5.74) is 0. The summed E-state index contributed by atoms with van der Waals surface area (Å²) < 4.78 is 39.1. The summed E-state index contributed by atoms with van der Waals surface area (Å²) in [6, 6.07) is 0. The molecule has 0 fully saturated rings. The van der Waals surface area contributed by atoms with Crippen molar-refractivity contribution in [2.24, 2.45) is 0 Å². The lowest BCUT2D eigenvalue weighted by Gasteiger charge is -2.04. The molecule has 13 heavy (non-hydrogen) atoms. The van der Waals surface area contributed by atoms with Gasteiger partial charge < -0.3 is 4.74 Å². The van der Waals surface area contributed by atoms with Crippen LogP contribution in [0.2, 0.25) is 0 Å². The lowest BCUT2D eigenvalue weighted by Crippen LogP contribution is -2.19. The van der Waals surface area contributed by atoms with E-state index in [1.54, 1.807) is 0 Å². The van der Waals surface area contributed by atoms with Gasteiger partial charge in [0.05, 0.1) is 11.1 Å². The Kier molecular flexibility index (Phi) is 2.86. The van der Waals surface area contributed by atoms with Crippen LogP contribution in [0, 0.1) is 0 Å². The lowest BCUT2D eigenvalue weighted by atomic mass is 10.6. The molecule has 3 nitrogen and oxygen atoms in total. The van der Waals surface area contributed by atoms with Gasteiger partial charge in [0.2, 0.25) is 0 Å². The number of halogens is 3. The van der Waals surface area contributed by atoms with E-state index >= 15 is 0 Å². The topological polar surface area (TPSA) is 39.2 Å². The van der Waals surface area contributed by atoms with Crippen LogP contribution in [0.5, 0.6) is 5.19 Å². The Morgan fingerprint density at radius 3 is 2.77 bits per heavy atom. The van der Waals surface area contributed by atoms with Crippen LogP contribution < -0.4 is 4.74 Å². The Labute approximate surface area is 75.2 Å². The summed E-state index contributed by atoms with van der Waals surface area (Å²) in [5, 5.41) is -0.153. The molecule has 0 N–H and O–H groups in total. The summed E-state index contributed by atoms with van der Waals surface area (Å²) >= 11 is 0.772. The number of rotatable bonds is 3. The van der Waals surface area contributed by atoms with E-state index in [9.17, 15) is 18.0 Å². The zero-order valence-electron chi connectivity index (χ0n) is 6.17. The van der Waals surface area contributed by atoms with Gasteiger partial charge in [-0.2, -0.15) is 13.2 Å². The van der Waals surface area contributed by atoms with Crippen molar-refractivity contribution in [2.75, 3.05) is 6.61 Å². The van der Waals surface area contributed by atoms with Gasteiger partial charge in [-0.1, -0.05) is 11.3 Å². The standard InChI is InChI=1S/C6H4F3NO2S/c7-6(8,9)3-12-5-10-1-4(2-11)13-5/h1-2H,3H2. The summed E-state index contributed by atoms with van der Waals surface area (Å²) in [7, 11) is 0. The minimum Gasteiger partial charge on any atom is -0.460 e. The molecule has 1 heterocycles. The van der Waals surface area contributed by atoms with E-state index in [-0.39, 0.29) is 10.1 Å². The Bertz CT molecular complexity index is 296. The molecule has 0 saturated carbocycles. The largest absolute Gasteiger partial charge is 0.460 e. The molecule has 1 aromatic rings. The van der Waals surface area contributed by atoms with Gasteiger partial charge in [-0.15, -0.1) is 0 Å². The van der Waals surface area contributed by atoms with Crippen molar-refractivity contribution in [3.8, 4) is 5.19 Å². The van der Waals surface area contributed by atoms with Gasteiger partial charge >= 0.3 is 6.18 Å². The Morgan fingerprint density at radius 2 is 2.31 bits per heavy atom. The Hall–Kier alpha value is -1.11. The number of carbonyl (C=O) groups is 1. The van der Waals surface area contributed by atoms with Crippen LogP contribution in [0.15, 0.2) is 6.20 Å². The lowest BCUT2D eigenvalue weighted by molar-refractivity contribution is -0.153. The van der Waals surface area contributed by atoms with E-state index < -0.39 is 12.8 Å². The third-order valence-electron chi connectivity index (χ3n) is 0.978.